The van der Waals surface area contributed by atoms with Gasteiger partial charge in [0.2, 0.25) is 5.78 Å². The van der Waals surface area contributed by atoms with Gasteiger partial charge in [0, 0.05) is 6.07 Å². The summed E-state index contributed by atoms with van der Waals surface area (Å²) < 4.78 is 22.0. The van der Waals surface area contributed by atoms with E-state index in [1.165, 1.54) is 18.4 Å². The molecule has 0 saturated carbocycles. The number of allylic oxidation sites excluding steroid dienone is 1. The monoisotopic (exact) mass is 422 g/mol. The fourth-order valence-electron chi connectivity index (χ4n) is 2.98. The molecule has 0 saturated heterocycles. The first-order chi connectivity index (χ1) is 14.6. The normalized spacial score (nSPS) is 13.7. The second-order valence-corrected chi connectivity index (χ2v) is 7.26. The van der Waals surface area contributed by atoms with E-state index in [4.69, 9.17) is 18.9 Å². The van der Waals surface area contributed by atoms with Crippen LogP contribution >= 0.6 is 11.3 Å². The summed E-state index contributed by atoms with van der Waals surface area (Å²) in [6.45, 7) is 2.41. The number of fused-ring (bicyclic) bond motifs is 1. The van der Waals surface area contributed by atoms with Gasteiger partial charge < -0.3 is 18.9 Å². The highest BCUT2D eigenvalue weighted by Crippen LogP contribution is 2.36. The minimum absolute atomic E-state index is 0.198. The Morgan fingerprint density at radius 3 is 2.73 bits per heavy atom. The summed E-state index contributed by atoms with van der Waals surface area (Å²) in [4.78, 5) is 25.3. The second-order valence-electron chi connectivity index (χ2n) is 6.31. The summed E-state index contributed by atoms with van der Waals surface area (Å²) in [6, 6.07) is 13.6. The molecule has 0 bridgehead atoms. The number of methoxy groups -OCH3 is 1. The number of ketones is 1. The van der Waals surface area contributed by atoms with Crippen molar-refractivity contribution in [2.75, 3.05) is 13.7 Å². The highest BCUT2D eigenvalue weighted by molar-refractivity contribution is 7.12. The Bertz CT molecular complexity index is 1130. The molecule has 30 heavy (non-hydrogen) atoms. The molecule has 0 amide bonds. The van der Waals surface area contributed by atoms with Crippen LogP contribution in [-0.2, 0) is 0 Å². The van der Waals surface area contributed by atoms with E-state index in [1.807, 2.05) is 6.92 Å². The molecule has 0 N–H and O–H groups in total. The fourth-order valence-corrected chi connectivity index (χ4v) is 3.58. The third-order valence-electron chi connectivity index (χ3n) is 4.36. The summed E-state index contributed by atoms with van der Waals surface area (Å²) in [6.07, 6.45) is 1.62. The van der Waals surface area contributed by atoms with Crippen molar-refractivity contribution in [3.63, 3.8) is 0 Å². The van der Waals surface area contributed by atoms with Crippen LogP contribution < -0.4 is 18.9 Å². The number of ether oxygens (including phenoxy) is 4. The van der Waals surface area contributed by atoms with E-state index in [-0.39, 0.29) is 11.5 Å². The molecule has 0 radical (unpaired) electrons. The predicted octanol–water partition coefficient (Wildman–Crippen LogP) is 4.99. The average Bonchev–Trinajstić information content (AvgIpc) is 3.38. The first-order valence-electron chi connectivity index (χ1n) is 9.24. The summed E-state index contributed by atoms with van der Waals surface area (Å²) in [5, 5.41) is 1.80. The van der Waals surface area contributed by atoms with E-state index in [0.29, 0.717) is 45.6 Å². The Labute approximate surface area is 177 Å². The van der Waals surface area contributed by atoms with Gasteiger partial charge in [0.25, 0.3) is 0 Å². The SMILES string of the molecule is CCOc1ccc2c(c1)O/C(=C\c1ccc(OC(=O)c3cccs3)c(OC)c1)C2=O. The van der Waals surface area contributed by atoms with Gasteiger partial charge in [-0.3, -0.25) is 4.79 Å². The second kappa shape index (κ2) is 8.42. The van der Waals surface area contributed by atoms with Crippen LogP contribution in [-0.4, -0.2) is 25.5 Å². The molecule has 7 heteroatoms. The van der Waals surface area contributed by atoms with Gasteiger partial charge in [-0.1, -0.05) is 12.1 Å². The average molecular weight is 422 g/mol. The third kappa shape index (κ3) is 3.92. The van der Waals surface area contributed by atoms with Gasteiger partial charge in [0.15, 0.2) is 17.3 Å². The van der Waals surface area contributed by atoms with Crippen molar-refractivity contribution in [3.05, 3.63) is 75.7 Å². The minimum atomic E-state index is -0.454. The van der Waals surface area contributed by atoms with Crippen molar-refractivity contribution in [1.82, 2.24) is 0 Å². The summed E-state index contributed by atoms with van der Waals surface area (Å²) in [7, 11) is 1.48. The zero-order valence-electron chi connectivity index (χ0n) is 16.3. The van der Waals surface area contributed by atoms with E-state index < -0.39 is 5.97 Å². The lowest BCUT2D eigenvalue weighted by Gasteiger charge is -2.09. The third-order valence-corrected chi connectivity index (χ3v) is 5.21. The van der Waals surface area contributed by atoms with E-state index in [9.17, 15) is 9.59 Å². The molecule has 2 heterocycles. The molecule has 0 unspecified atom stereocenters. The predicted molar refractivity (Wildman–Crippen MR) is 113 cm³/mol. The summed E-state index contributed by atoms with van der Waals surface area (Å²) in [5.41, 5.74) is 1.15. The number of carbonyl (C=O) groups excluding carboxylic acids is 2. The molecule has 0 spiro atoms. The molecular formula is C23H18O6S. The number of carbonyl (C=O) groups is 2. The zero-order chi connectivity index (χ0) is 21.1. The summed E-state index contributed by atoms with van der Waals surface area (Å²) >= 11 is 1.30. The molecule has 0 aliphatic carbocycles. The van der Waals surface area contributed by atoms with Gasteiger partial charge in [-0.2, -0.15) is 0 Å². The number of esters is 1. The maximum Gasteiger partial charge on any atom is 0.353 e. The van der Waals surface area contributed by atoms with Crippen molar-refractivity contribution in [2.45, 2.75) is 6.92 Å². The zero-order valence-corrected chi connectivity index (χ0v) is 17.2. The van der Waals surface area contributed by atoms with Crippen molar-refractivity contribution in [2.24, 2.45) is 0 Å². The lowest BCUT2D eigenvalue weighted by atomic mass is 10.1. The van der Waals surface area contributed by atoms with Gasteiger partial charge in [-0.15, -0.1) is 11.3 Å². The van der Waals surface area contributed by atoms with Crippen LogP contribution in [0.15, 0.2) is 59.7 Å². The Hall–Kier alpha value is -3.58. The Morgan fingerprint density at radius 1 is 1.13 bits per heavy atom. The molecule has 1 aromatic heterocycles. The van der Waals surface area contributed by atoms with Gasteiger partial charge in [0.1, 0.15) is 16.4 Å². The van der Waals surface area contributed by atoms with Crippen molar-refractivity contribution in [1.29, 1.82) is 0 Å². The van der Waals surface area contributed by atoms with Crippen molar-refractivity contribution < 1.29 is 28.5 Å². The molecule has 3 aromatic rings. The van der Waals surface area contributed by atoms with Crippen LogP contribution in [0.3, 0.4) is 0 Å². The Morgan fingerprint density at radius 2 is 2.00 bits per heavy atom. The summed E-state index contributed by atoms with van der Waals surface area (Å²) in [5.74, 6) is 1.31. The lowest BCUT2D eigenvalue weighted by molar-refractivity contribution is 0.0734. The number of hydrogen-bond donors (Lipinski definition) is 0. The number of thiophene rings is 1. The molecule has 152 valence electrons. The molecule has 1 aliphatic rings. The quantitative estimate of drug-likeness (QED) is 0.317. The van der Waals surface area contributed by atoms with E-state index in [0.717, 1.165) is 0 Å². The van der Waals surface area contributed by atoms with E-state index in [2.05, 4.69) is 0 Å². The Kier molecular flexibility index (Phi) is 5.54. The van der Waals surface area contributed by atoms with Crippen LogP contribution in [0.4, 0.5) is 0 Å². The number of hydrogen-bond acceptors (Lipinski definition) is 7. The van der Waals surface area contributed by atoms with Gasteiger partial charge in [-0.25, -0.2) is 4.79 Å². The van der Waals surface area contributed by atoms with Crippen molar-refractivity contribution in [3.8, 4) is 23.0 Å². The maximum atomic E-state index is 12.6. The van der Waals surface area contributed by atoms with Crippen LogP contribution in [0.1, 0.15) is 32.5 Å². The highest BCUT2D eigenvalue weighted by atomic mass is 32.1. The standard InChI is InChI=1S/C23H18O6S/c1-3-27-15-7-8-16-18(13-15)28-20(22(16)24)12-14-6-9-17(19(11-14)26-2)29-23(25)21-5-4-10-30-21/h4-13H,3H2,1-2H3/b20-12-. The van der Waals surface area contributed by atoms with Crippen LogP contribution in [0.25, 0.3) is 6.08 Å². The molecular weight excluding hydrogens is 404 g/mol. The highest BCUT2D eigenvalue weighted by Gasteiger charge is 2.28. The largest absolute Gasteiger partial charge is 0.494 e. The molecule has 6 nitrogen and oxygen atoms in total. The van der Waals surface area contributed by atoms with E-state index in [1.54, 1.807) is 60.0 Å². The Balaban J connectivity index is 1.56. The topological polar surface area (TPSA) is 71.1 Å². The molecule has 2 aromatic carbocycles. The lowest BCUT2D eigenvalue weighted by Crippen LogP contribution is -2.07. The first kappa shape index (κ1) is 19.7. The maximum absolute atomic E-state index is 12.6. The van der Waals surface area contributed by atoms with Gasteiger partial charge >= 0.3 is 5.97 Å². The smallest absolute Gasteiger partial charge is 0.353 e. The molecule has 0 atom stereocenters. The van der Waals surface area contributed by atoms with E-state index >= 15 is 0 Å². The molecule has 0 fully saturated rings. The number of rotatable bonds is 6. The van der Waals surface area contributed by atoms with Crippen LogP contribution in [0.2, 0.25) is 0 Å². The van der Waals surface area contributed by atoms with Crippen LogP contribution in [0.5, 0.6) is 23.0 Å². The van der Waals surface area contributed by atoms with Crippen LogP contribution in [0, 0.1) is 0 Å². The first-order valence-corrected chi connectivity index (χ1v) is 10.1. The minimum Gasteiger partial charge on any atom is -0.494 e. The number of benzene rings is 2. The number of Topliss-reactive ketones (excluding diaryl/α,β-unsaturated/α-hetero) is 1. The van der Waals surface area contributed by atoms with Crippen molar-refractivity contribution >= 4 is 29.2 Å². The van der Waals surface area contributed by atoms with Gasteiger partial charge in [-0.05, 0) is 54.3 Å². The molecule has 4 rings (SSSR count). The molecule has 1 aliphatic heterocycles. The van der Waals surface area contributed by atoms with Gasteiger partial charge in [0.05, 0.1) is 19.3 Å². The fraction of sp³-hybridized carbons (Fsp3) is 0.130.